The van der Waals surface area contributed by atoms with E-state index in [1.807, 2.05) is 14.1 Å². The summed E-state index contributed by atoms with van der Waals surface area (Å²) >= 11 is 5.58. The van der Waals surface area contributed by atoms with E-state index in [0.717, 1.165) is 4.09 Å². The Bertz CT molecular complexity index is 450. The summed E-state index contributed by atoms with van der Waals surface area (Å²) in [6.07, 6.45) is 5.77. The highest BCUT2D eigenvalue weighted by molar-refractivity contribution is 7.89. The topological polar surface area (TPSA) is 55.2 Å². The average molecular weight is 250 g/mol. The highest BCUT2D eigenvalue weighted by Gasteiger charge is 2.12. The molecule has 1 aromatic rings. The van der Waals surface area contributed by atoms with Crippen LogP contribution in [0, 0.1) is 0 Å². The Morgan fingerprint density at radius 3 is 2.73 bits per heavy atom. The van der Waals surface area contributed by atoms with Gasteiger partial charge in [0.15, 0.2) is 0 Å². The van der Waals surface area contributed by atoms with Crippen molar-refractivity contribution in [1.82, 2.24) is 14.1 Å². The standard InChI is InChI=1S/C8H12ClN3O2S/c1-11(2)4-3-5-15(13,14)12-7-8(9)6-10-12/h3-4,6-7H,5H2,1-2H3. The maximum absolute atomic E-state index is 11.6. The Morgan fingerprint density at radius 1 is 1.60 bits per heavy atom. The van der Waals surface area contributed by atoms with Gasteiger partial charge in [-0.15, -0.1) is 0 Å². The minimum absolute atomic E-state index is 0.108. The lowest BCUT2D eigenvalue weighted by Crippen LogP contribution is -2.16. The number of aromatic nitrogens is 2. The van der Waals surface area contributed by atoms with Gasteiger partial charge in [-0.05, 0) is 6.20 Å². The quantitative estimate of drug-likeness (QED) is 0.792. The van der Waals surface area contributed by atoms with Gasteiger partial charge in [0, 0.05) is 14.1 Å². The molecule has 1 rings (SSSR count). The molecule has 0 aliphatic carbocycles. The normalized spacial score (nSPS) is 12.2. The van der Waals surface area contributed by atoms with Crippen LogP contribution in [-0.2, 0) is 10.0 Å². The number of halogens is 1. The van der Waals surface area contributed by atoms with Crippen LogP contribution in [0.4, 0.5) is 0 Å². The molecule has 0 N–H and O–H groups in total. The van der Waals surface area contributed by atoms with Crippen LogP contribution in [-0.4, -0.2) is 42.4 Å². The summed E-state index contributed by atoms with van der Waals surface area (Å²) in [5.74, 6) is -0.108. The Balaban J connectivity index is 2.77. The largest absolute Gasteiger partial charge is 0.384 e. The maximum atomic E-state index is 11.6. The predicted octanol–water partition coefficient (Wildman–Crippen LogP) is 0.790. The van der Waals surface area contributed by atoms with Crippen molar-refractivity contribution in [2.24, 2.45) is 0 Å². The zero-order valence-corrected chi connectivity index (χ0v) is 10.0. The van der Waals surface area contributed by atoms with Crippen LogP contribution in [0.5, 0.6) is 0 Å². The third-order valence-electron chi connectivity index (χ3n) is 1.52. The summed E-state index contributed by atoms with van der Waals surface area (Å²) in [5.41, 5.74) is 0. The summed E-state index contributed by atoms with van der Waals surface area (Å²) in [5, 5.41) is 3.94. The van der Waals surface area contributed by atoms with Crippen molar-refractivity contribution < 1.29 is 8.42 Å². The molecule has 7 heteroatoms. The van der Waals surface area contributed by atoms with Gasteiger partial charge in [0.1, 0.15) is 0 Å². The molecule has 0 saturated carbocycles. The molecular formula is C8H12ClN3O2S. The first-order valence-electron chi connectivity index (χ1n) is 4.18. The van der Waals surface area contributed by atoms with Crippen molar-refractivity contribution in [3.63, 3.8) is 0 Å². The average Bonchev–Trinajstić information content (AvgIpc) is 2.51. The van der Waals surface area contributed by atoms with Crippen LogP contribution < -0.4 is 0 Å². The maximum Gasteiger partial charge on any atom is 0.257 e. The highest BCUT2D eigenvalue weighted by Crippen LogP contribution is 2.07. The summed E-state index contributed by atoms with van der Waals surface area (Å²) in [6, 6.07) is 0. The first kappa shape index (κ1) is 12.1. The molecule has 0 spiro atoms. The van der Waals surface area contributed by atoms with E-state index in [9.17, 15) is 8.42 Å². The van der Waals surface area contributed by atoms with Crippen molar-refractivity contribution in [3.8, 4) is 0 Å². The van der Waals surface area contributed by atoms with Crippen molar-refractivity contribution in [2.75, 3.05) is 19.8 Å². The molecule has 0 unspecified atom stereocenters. The lowest BCUT2D eigenvalue weighted by Gasteiger charge is -2.04. The van der Waals surface area contributed by atoms with Gasteiger partial charge in [-0.2, -0.15) is 9.19 Å². The van der Waals surface area contributed by atoms with Gasteiger partial charge in [-0.25, -0.2) is 8.42 Å². The van der Waals surface area contributed by atoms with E-state index in [0.29, 0.717) is 5.02 Å². The van der Waals surface area contributed by atoms with Gasteiger partial charge in [-0.3, -0.25) is 0 Å². The lowest BCUT2D eigenvalue weighted by molar-refractivity contribution is 0.561. The molecule has 0 bridgehead atoms. The summed E-state index contributed by atoms with van der Waals surface area (Å²) in [6.45, 7) is 0. The summed E-state index contributed by atoms with van der Waals surface area (Å²) in [7, 11) is 0.199. The van der Waals surface area contributed by atoms with Crippen LogP contribution in [0.3, 0.4) is 0 Å². The van der Waals surface area contributed by atoms with Gasteiger partial charge in [0.2, 0.25) is 0 Å². The minimum Gasteiger partial charge on any atom is -0.384 e. The smallest absolute Gasteiger partial charge is 0.257 e. The van der Waals surface area contributed by atoms with Crippen LogP contribution in [0.15, 0.2) is 24.7 Å². The highest BCUT2D eigenvalue weighted by atomic mass is 35.5. The van der Waals surface area contributed by atoms with E-state index >= 15 is 0 Å². The fourth-order valence-corrected chi connectivity index (χ4v) is 2.03. The van der Waals surface area contributed by atoms with Gasteiger partial charge in [0.05, 0.1) is 23.2 Å². The lowest BCUT2D eigenvalue weighted by atomic mass is 10.7. The molecule has 15 heavy (non-hydrogen) atoms. The first-order chi connectivity index (χ1) is 6.92. The molecule has 5 nitrogen and oxygen atoms in total. The number of nitrogens with zero attached hydrogens (tertiary/aromatic N) is 3. The van der Waals surface area contributed by atoms with Gasteiger partial charge in [-0.1, -0.05) is 17.7 Å². The monoisotopic (exact) mass is 249 g/mol. The van der Waals surface area contributed by atoms with E-state index in [1.54, 1.807) is 17.2 Å². The molecule has 0 aliphatic rings. The minimum atomic E-state index is -3.43. The molecule has 1 aromatic heterocycles. The zero-order chi connectivity index (χ0) is 11.5. The molecule has 0 aliphatic heterocycles. The van der Waals surface area contributed by atoms with E-state index < -0.39 is 10.0 Å². The van der Waals surface area contributed by atoms with Crippen LogP contribution >= 0.6 is 11.6 Å². The number of hydrogen-bond acceptors (Lipinski definition) is 4. The Labute approximate surface area is 94.0 Å². The Kier molecular flexibility index (Phi) is 3.76. The predicted molar refractivity (Wildman–Crippen MR) is 59.2 cm³/mol. The molecule has 0 amide bonds. The van der Waals surface area contributed by atoms with Crippen LogP contribution in [0.2, 0.25) is 5.02 Å². The van der Waals surface area contributed by atoms with E-state index in [1.165, 1.54) is 12.4 Å². The molecule has 84 valence electrons. The number of rotatable bonds is 4. The van der Waals surface area contributed by atoms with Crippen LogP contribution in [0.25, 0.3) is 0 Å². The molecule has 1 heterocycles. The van der Waals surface area contributed by atoms with Gasteiger partial charge < -0.3 is 4.90 Å². The van der Waals surface area contributed by atoms with Crippen molar-refractivity contribution in [2.45, 2.75) is 0 Å². The Hall–Kier alpha value is -1.01. The third kappa shape index (κ3) is 3.56. The van der Waals surface area contributed by atoms with E-state index in [4.69, 9.17) is 11.6 Å². The van der Waals surface area contributed by atoms with E-state index in [2.05, 4.69) is 5.10 Å². The van der Waals surface area contributed by atoms with E-state index in [-0.39, 0.29) is 5.75 Å². The second-order valence-corrected chi connectivity index (χ2v) is 5.47. The van der Waals surface area contributed by atoms with Crippen molar-refractivity contribution in [1.29, 1.82) is 0 Å². The van der Waals surface area contributed by atoms with Crippen LogP contribution in [0.1, 0.15) is 0 Å². The van der Waals surface area contributed by atoms with Gasteiger partial charge in [0.25, 0.3) is 10.0 Å². The fourth-order valence-electron chi connectivity index (χ4n) is 0.888. The molecule has 0 saturated heterocycles. The molecule has 0 fully saturated rings. The van der Waals surface area contributed by atoms with Crippen molar-refractivity contribution in [3.05, 3.63) is 29.7 Å². The first-order valence-corrected chi connectivity index (χ1v) is 6.17. The molecule has 0 radical (unpaired) electrons. The summed E-state index contributed by atoms with van der Waals surface area (Å²) in [4.78, 5) is 1.76. The van der Waals surface area contributed by atoms with Gasteiger partial charge >= 0.3 is 0 Å². The molecular weight excluding hydrogens is 238 g/mol. The zero-order valence-electron chi connectivity index (χ0n) is 8.46. The van der Waals surface area contributed by atoms with Crippen molar-refractivity contribution >= 4 is 21.6 Å². The third-order valence-corrected chi connectivity index (χ3v) is 3.10. The summed E-state index contributed by atoms with van der Waals surface area (Å²) < 4.78 is 24.1. The molecule has 0 aromatic carbocycles. The second-order valence-electron chi connectivity index (χ2n) is 3.16. The molecule has 0 atom stereocenters. The Morgan fingerprint density at radius 2 is 2.27 bits per heavy atom. The second kappa shape index (κ2) is 4.67. The number of hydrogen-bond donors (Lipinski definition) is 0. The fraction of sp³-hybridized carbons (Fsp3) is 0.375. The SMILES string of the molecule is CN(C)C=CCS(=O)(=O)n1cc(Cl)cn1.